The molecule has 0 N–H and O–H groups in total. The molecule has 0 fully saturated rings. The summed E-state index contributed by atoms with van der Waals surface area (Å²) in [6, 6.07) is 0. The Morgan fingerprint density at radius 2 is 1.25 bits per heavy atom. The average molecular weight is 131 g/mol. The van der Waals surface area contributed by atoms with Crippen LogP contribution in [0, 0.1) is 0 Å². The van der Waals surface area contributed by atoms with E-state index < -0.39 is 0 Å². The average Bonchev–Trinajstić information content (AvgIpc) is 1.00. The molecule has 0 radical (unpaired) electrons. The molecule has 22 valence electrons. The van der Waals surface area contributed by atoms with E-state index >= 15 is 0 Å². The van der Waals surface area contributed by atoms with Crippen LogP contribution in [-0.2, 0) is 40.2 Å². The van der Waals surface area contributed by atoms with Crippen molar-refractivity contribution in [1.82, 2.24) is 0 Å². The zero-order chi connectivity index (χ0) is 2.00. The molecule has 4 heteroatoms. The van der Waals surface area contributed by atoms with Crippen LogP contribution in [-0.4, -0.2) is 18.9 Å². The molecule has 0 aromatic heterocycles. The van der Waals surface area contributed by atoms with Crippen LogP contribution < -0.4 is 0 Å². The number of rotatable bonds is 0. The number of hydrogen-bond donors (Lipinski definition) is 0. The van der Waals surface area contributed by atoms with Crippen LogP contribution in [0.4, 0.5) is 0 Å². The minimum absolute atomic E-state index is 0. The van der Waals surface area contributed by atoms with E-state index in [1.54, 1.807) is 0 Å². The topological polar surface area (TPSA) is 17.1 Å². The van der Waals surface area contributed by atoms with Gasteiger partial charge in [0.05, 0.1) is 0 Å². The fourth-order valence-corrected chi connectivity index (χ4v) is 0. The third-order valence-electron chi connectivity index (χ3n) is 0. The second kappa shape index (κ2) is 23.2. The first kappa shape index (κ1) is 17.5. The molecule has 0 rings (SSSR count). The predicted molar refractivity (Wildman–Crippen MR) is 7.84 cm³/mol. The summed E-state index contributed by atoms with van der Waals surface area (Å²) in [6.07, 6.45) is 0. The molecule has 0 aliphatic carbocycles. The van der Waals surface area contributed by atoms with Crippen molar-refractivity contribution in [2.75, 3.05) is 0 Å². The van der Waals surface area contributed by atoms with Gasteiger partial charge in [-0.2, -0.15) is 0 Å². The van der Waals surface area contributed by atoms with Gasteiger partial charge >= 0.3 is 42.6 Å². The molecule has 0 atom stereocenters. The summed E-state index contributed by atoms with van der Waals surface area (Å²) in [6.45, 7) is 0. The Kier molecular flexibility index (Phi) is 102. The van der Waals surface area contributed by atoms with Crippen molar-refractivity contribution in [3.05, 3.63) is 0 Å². The van der Waals surface area contributed by atoms with Crippen LogP contribution in [0.15, 0.2) is 0 Å². The van der Waals surface area contributed by atoms with E-state index in [0.717, 1.165) is 20.4 Å². The molecule has 0 bridgehead atoms. The Morgan fingerprint density at radius 3 is 1.25 bits per heavy atom. The molecule has 0 saturated carbocycles. The second-order valence-corrected chi connectivity index (χ2v) is 0. The third-order valence-corrected chi connectivity index (χ3v) is 0. The van der Waals surface area contributed by atoms with Crippen molar-refractivity contribution in [3.8, 4) is 0 Å². The molecule has 0 heterocycles. The van der Waals surface area contributed by atoms with Crippen molar-refractivity contribution in [3.63, 3.8) is 0 Å². The van der Waals surface area contributed by atoms with E-state index in [4.69, 9.17) is 3.32 Å². The standard InChI is InChI=1S/Li.Ni.O.Ti.H. The van der Waals surface area contributed by atoms with Crippen molar-refractivity contribution >= 4 is 18.9 Å². The Labute approximate surface area is 58.7 Å². The van der Waals surface area contributed by atoms with Gasteiger partial charge < -0.3 is 0 Å². The van der Waals surface area contributed by atoms with Crippen molar-refractivity contribution < 1.29 is 40.2 Å². The monoisotopic (exact) mass is 130 g/mol. The van der Waals surface area contributed by atoms with Gasteiger partial charge in [-0.05, 0) is 0 Å². The summed E-state index contributed by atoms with van der Waals surface area (Å²) in [7, 11) is 0. The van der Waals surface area contributed by atoms with Gasteiger partial charge in [0.15, 0.2) is 0 Å². The second-order valence-electron chi connectivity index (χ2n) is 0. The van der Waals surface area contributed by atoms with E-state index in [0.29, 0.717) is 0 Å². The van der Waals surface area contributed by atoms with E-state index in [1.807, 2.05) is 0 Å². The van der Waals surface area contributed by atoms with E-state index in [1.165, 1.54) is 0 Å². The Bertz CT molecular complexity index is 8.00. The molecule has 0 aliphatic heterocycles. The van der Waals surface area contributed by atoms with Crippen LogP contribution in [0.3, 0.4) is 0 Å². The summed E-state index contributed by atoms with van der Waals surface area (Å²) in [5, 5.41) is 0. The van der Waals surface area contributed by atoms with Crippen molar-refractivity contribution in [1.29, 1.82) is 0 Å². The van der Waals surface area contributed by atoms with E-state index in [9.17, 15) is 0 Å². The Hall–Kier alpha value is 1.61. The molecule has 0 amide bonds. The predicted octanol–water partition coefficient (Wildman–Crippen LogP) is -0.772. The summed E-state index contributed by atoms with van der Waals surface area (Å²) >= 11 is 0.750. The molecule has 1 nitrogen and oxygen atoms in total. The summed E-state index contributed by atoms with van der Waals surface area (Å²) < 4.78 is 8.25. The van der Waals surface area contributed by atoms with Crippen molar-refractivity contribution in [2.45, 2.75) is 0 Å². The first-order valence-corrected chi connectivity index (χ1v) is 0.842. The first-order chi connectivity index (χ1) is 1.00. The molecule has 0 aromatic rings. The van der Waals surface area contributed by atoms with Crippen LogP contribution in [0.2, 0.25) is 0 Å². The van der Waals surface area contributed by atoms with Gasteiger partial charge in [0.1, 0.15) is 0 Å². The molecule has 4 heavy (non-hydrogen) atoms. The SMILES string of the molecule is [LiH].[Ni].[O]=[Ti]. The van der Waals surface area contributed by atoms with Crippen LogP contribution >= 0.6 is 0 Å². The van der Waals surface area contributed by atoms with Gasteiger partial charge in [-0.3, -0.25) is 0 Å². The summed E-state index contributed by atoms with van der Waals surface area (Å²) in [5.74, 6) is 0. The van der Waals surface area contributed by atoms with Gasteiger partial charge in [0.25, 0.3) is 0 Å². The zero-order valence-electron chi connectivity index (χ0n) is 1.22. The van der Waals surface area contributed by atoms with Crippen LogP contribution in [0.1, 0.15) is 0 Å². The maximum atomic E-state index is 8.25. The van der Waals surface area contributed by atoms with Crippen LogP contribution in [0.25, 0.3) is 0 Å². The molecular formula is HLiNiOTi. The number of hydrogen-bond acceptors (Lipinski definition) is 1. The quantitative estimate of drug-likeness (QED) is 0.394. The fourth-order valence-electron chi connectivity index (χ4n) is 0. The molecule has 0 saturated heterocycles. The third kappa shape index (κ3) is 9.50. The van der Waals surface area contributed by atoms with Crippen LogP contribution in [0.5, 0.6) is 0 Å². The first-order valence-electron chi connectivity index (χ1n) is 0.204. The molecule has 0 spiro atoms. The van der Waals surface area contributed by atoms with Gasteiger partial charge in [-0.1, -0.05) is 0 Å². The molecule has 0 aliphatic rings. The Morgan fingerprint density at radius 1 is 1.25 bits per heavy atom. The molecule has 0 aromatic carbocycles. The van der Waals surface area contributed by atoms with E-state index in [2.05, 4.69) is 0 Å². The summed E-state index contributed by atoms with van der Waals surface area (Å²) in [4.78, 5) is 0. The zero-order valence-corrected chi connectivity index (χ0v) is 3.77. The minimum atomic E-state index is 0. The van der Waals surface area contributed by atoms with Gasteiger partial charge in [0.2, 0.25) is 0 Å². The molecule has 0 unspecified atom stereocenters. The van der Waals surface area contributed by atoms with Gasteiger partial charge in [-0.25, -0.2) is 0 Å². The van der Waals surface area contributed by atoms with Gasteiger partial charge in [0, 0.05) is 16.5 Å². The molecular weight excluding hydrogens is 130 g/mol. The Balaban J connectivity index is -0.00000000500. The van der Waals surface area contributed by atoms with E-state index in [-0.39, 0.29) is 35.4 Å². The maximum absolute atomic E-state index is 8.25. The normalized spacial score (nSPS) is 0.750. The summed E-state index contributed by atoms with van der Waals surface area (Å²) in [5.41, 5.74) is 0. The van der Waals surface area contributed by atoms with Gasteiger partial charge in [-0.15, -0.1) is 0 Å². The fraction of sp³-hybridized carbons (Fsp3) is 0. The van der Waals surface area contributed by atoms with Crippen molar-refractivity contribution in [2.24, 2.45) is 0 Å².